The Bertz CT molecular complexity index is 504. The molecule has 1 heteroatoms. The molecule has 1 aromatic rings. The third kappa shape index (κ3) is 4.63. The lowest BCUT2D eigenvalue weighted by atomic mass is 9.86. The second-order valence-corrected chi connectivity index (χ2v) is 8.34. The molecule has 2 rings (SSSR count). The molecule has 2 atom stereocenters. The predicted molar refractivity (Wildman–Crippen MR) is 97.1 cm³/mol. The zero-order valence-corrected chi connectivity index (χ0v) is 15.3. The van der Waals surface area contributed by atoms with Gasteiger partial charge in [0.2, 0.25) is 0 Å². The fourth-order valence-corrected chi connectivity index (χ4v) is 3.21. The van der Waals surface area contributed by atoms with Crippen molar-refractivity contribution in [1.82, 2.24) is 4.90 Å². The van der Waals surface area contributed by atoms with E-state index in [9.17, 15) is 0 Å². The van der Waals surface area contributed by atoms with Crippen molar-refractivity contribution in [3.8, 4) is 0 Å². The highest BCUT2D eigenvalue weighted by atomic mass is 15.1. The fourth-order valence-electron chi connectivity index (χ4n) is 3.21. The number of benzene rings is 1. The highest BCUT2D eigenvalue weighted by Crippen LogP contribution is 2.24. The molecule has 122 valence electrons. The number of hydrogen-bond acceptors (Lipinski definition) is 1. The van der Waals surface area contributed by atoms with Gasteiger partial charge >= 0.3 is 0 Å². The summed E-state index contributed by atoms with van der Waals surface area (Å²) in [6, 6.07) is 9.15. The van der Waals surface area contributed by atoms with Gasteiger partial charge in [0.05, 0.1) is 0 Å². The van der Waals surface area contributed by atoms with Crippen LogP contribution in [0.5, 0.6) is 0 Å². The van der Waals surface area contributed by atoms with Crippen molar-refractivity contribution >= 4 is 0 Å². The van der Waals surface area contributed by atoms with Crippen LogP contribution in [0.3, 0.4) is 0 Å². The summed E-state index contributed by atoms with van der Waals surface area (Å²) in [6.45, 7) is 16.3. The summed E-state index contributed by atoms with van der Waals surface area (Å²) in [6.07, 6.45) is 4.77. The normalized spacial score (nSPS) is 23.7. The summed E-state index contributed by atoms with van der Waals surface area (Å²) in [7, 11) is 0. The summed E-state index contributed by atoms with van der Waals surface area (Å²) < 4.78 is 0. The van der Waals surface area contributed by atoms with Gasteiger partial charge in [0, 0.05) is 13.1 Å². The number of likely N-dealkylation sites (tertiary alicyclic amines) is 1. The van der Waals surface area contributed by atoms with Crippen LogP contribution in [0, 0.1) is 11.8 Å². The molecule has 22 heavy (non-hydrogen) atoms. The van der Waals surface area contributed by atoms with Crippen LogP contribution in [0.15, 0.2) is 36.0 Å². The molecule has 1 nitrogen and oxygen atoms in total. The molecule has 0 radical (unpaired) electrons. The van der Waals surface area contributed by atoms with Gasteiger partial charge in [0.25, 0.3) is 0 Å². The maximum atomic E-state index is 2.52. The van der Waals surface area contributed by atoms with E-state index in [1.165, 1.54) is 36.2 Å². The van der Waals surface area contributed by atoms with Gasteiger partial charge in [-0.3, -0.25) is 0 Å². The molecular formula is C21H33N. The maximum absolute atomic E-state index is 2.52. The van der Waals surface area contributed by atoms with Gasteiger partial charge in [0.15, 0.2) is 0 Å². The first-order chi connectivity index (χ1) is 10.3. The molecule has 1 saturated heterocycles. The molecule has 0 aromatic heterocycles. The molecule has 2 unspecified atom stereocenters. The standard InChI is InChI=1S/C21H33N/c1-16(14-22-12-11-17(2)18(3)15-22)13-19-7-9-20(10-8-19)21(4,5)6/h7-10,14,17-18H,11-13,15H2,1-6H3. The molecule has 0 saturated carbocycles. The van der Waals surface area contributed by atoms with Gasteiger partial charge < -0.3 is 4.90 Å². The van der Waals surface area contributed by atoms with Crippen LogP contribution < -0.4 is 0 Å². The molecule has 0 N–H and O–H groups in total. The lowest BCUT2D eigenvalue weighted by molar-refractivity contribution is 0.184. The van der Waals surface area contributed by atoms with Gasteiger partial charge in [-0.05, 0) is 54.3 Å². The van der Waals surface area contributed by atoms with Crippen molar-refractivity contribution < 1.29 is 0 Å². The SMILES string of the molecule is CC(=CN1CCC(C)C(C)C1)Cc1ccc(C(C)(C)C)cc1. The minimum Gasteiger partial charge on any atom is -0.377 e. The summed E-state index contributed by atoms with van der Waals surface area (Å²) in [5, 5.41) is 0. The number of nitrogens with zero attached hydrogens (tertiary/aromatic N) is 1. The quantitative estimate of drug-likeness (QED) is 0.721. The predicted octanol–water partition coefficient (Wildman–Crippen LogP) is 5.41. The highest BCUT2D eigenvalue weighted by molar-refractivity contribution is 5.29. The minimum atomic E-state index is 0.240. The Morgan fingerprint density at radius 2 is 1.77 bits per heavy atom. The van der Waals surface area contributed by atoms with Crippen molar-refractivity contribution in [3.05, 3.63) is 47.2 Å². The Labute approximate surface area is 137 Å². The maximum Gasteiger partial charge on any atom is 0.0200 e. The number of hydrogen-bond donors (Lipinski definition) is 0. The number of piperidine rings is 1. The van der Waals surface area contributed by atoms with Crippen LogP contribution >= 0.6 is 0 Å². The van der Waals surface area contributed by atoms with E-state index < -0.39 is 0 Å². The average Bonchev–Trinajstić information content (AvgIpc) is 2.42. The first-order valence-electron chi connectivity index (χ1n) is 8.76. The van der Waals surface area contributed by atoms with E-state index >= 15 is 0 Å². The van der Waals surface area contributed by atoms with E-state index in [-0.39, 0.29) is 5.41 Å². The number of allylic oxidation sites excluding steroid dienone is 1. The van der Waals surface area contributed by atoms with E-state index in [1.54, 1.807) is 0 Å². The molecule has 1 aliphatic rings. The molecule has 1 fully saturated rings. The van der Waals surface area contributed by atoms with Crippen molar-refractivity contribution in [1.29, 1.82) is 0 Å². The zero-order chi connectivity index (χ0) is 16.3. The van der Waals surface area contributed by atoms with E-state index in [0.717, 1.165) is 18.3 Å². The molecule has 0 spiro atoms. The molecule has 1 heterocycles. The van der Waals surface area contributed by atoms with Gasteiger partial charge in [-0.25, -0.2) is 0 Å². The lowest BCUT2D eigenvalue weighted by Gasteiger charge is -2.35. The van der Waals surface area contributed by atoms with Gasteiger partial charge in [-0.15, -0.1) is 0 Å². The summed E-state index contributed by atoms with van der Waals surface area (Å²) in [5.41, 5.74) is 4.53. The Morgan fingerprint density at radius 3 is 2.32 bits per heavy atom. The van der Waals surface area contributed by atoms with Crippen LogP contribution in [0.4, 0.5) is 0 Å². The van der Waals surface area contributed by atoms with Crippen molar-refractivity contribution in [3.63, 3.8) is 0 Å². The fraction of sp³-hybridized carbons (Fsp3) is 0.619. The van der Waals surface area contributed by atoms with Crippen molar-refractivity contribution in [2.75, 3.05) is 13.1 Å². The average molecular weight is 300 g/mol. The Hall–Kier alpha value is -1.24. The summed E-state index contributed by atoms with van der Waals surface area (Å²) in [4.78, 5) is 2.52. The van der Waals surface area contributed by atoms with Crippen molar-refractivity contribution in [2.45, 2.75) is 59.8 Å². The molecular weight excluding hydrogens is 266 g/mol. The third-order valence-corrected chi connectivity index (χ3v) is 5.07. The van der Waals surface area contributed by atoms with E-state index in [1.807, 2.05) is 0 Å². The van der Waals surface area contributed by atoms with E-state index in [2.05, 4.69) is 76.9 Å². The smallest absolute Gasteiger partial charge is 0.0200 e. The molecule has 1 aromatic carbocycles. The Morgan fingerprint density at radius 1 is 1.14 bits per heavy atom. The monoisotopic (exact) mass is 299 g/mol. The summed E-state index contributed by atoms with van der Waals surface area (Å²) >= 11 is 0. The lowest BCUT2D eigenvalue weighted by Crippen LogP contribution is -2.35. The second kappa shape index (κ2) is 6.89. The minimum absolute atomic E-state index is 0.240. The highest BCUT2D eigenvalue weighted by Gasteiger charge is 2.20. The first-order valence-corrected chi connectivity index (χ1v) is 8.76. The Kier molecular flexibility index (Phi) is 5.36. The van der Waals surface area contributed by atoms with Crippen LogP contribution in [-0.4, -0.2) is 18.0 Å². The second-order valence-electron chi connectivity index (χ2n) is 8.34. The van der Waals surface area contributed by atoms with E-state index in [0.29, 0.717) is 0 Å². The van der Waals surface area contributed by atoms with Gasteiger partial charge in [-0.1, -0.05) is 64.5 Å². The molecule has 0 amide bonds. The Balaban J connectivity index is 1.96. The number of rotatable bonds is 3. The van der Waals surface area contributed by atoms with Gasteiger partial charge in [-0.2, -0.15) is 0 Å². The largest absolute Gasteiger partial charge is 0.377 e. The molecule has 0 bridgehead atoms. The van der Waals surface area contributed by atoms with Crippen LogP contribution in [0.2, 0.25) is 0 Å². The zero-order valence-electron chi connectivity index (χ0n) is 15.3. The van der Waals surface area contributed by atoms with Crippen LogP contribution in [0.25, 0.3) is 0 Å². The third-order valence-electron chi connectivity index (χ3n) is 5.07. The molecule has 0 aliphatic carbocycles. The van der Waals surface area contributed by atoms with Crippen LogP contribution in [0.1, 0.15) is 59.1 Å². The molecule has 1 aliphatic heterocycles. The first kappa shape index (κ1) is 17.1. The van der Waals surface area contributed by atoms with E-state index in [4.69, 9.17) is 0 Å². The van der Waals surface area contributed by atoms with Gasteiger partial charge in [0.1, 0.15) is 0 Å². The topological polar surface area (TPSA) is 3.24 Å². The van der Waals surface area contributed by atoms with Crippen molar-refractivity contribution in [2.24, 2.45) is 11.8 Å². The van der Waals surface area contributed by atoms with Crippen LogP contribution in [-0.2, 0) is 11.8 Å². The summed E-state index contributed by atoms with van der Waals surface area (Å²) in [5.74, 6) is 1.68.